The highest BCUT2D eigenvalue weighted by Gasteiger charge is 2.28. The molecule has 0 saturated heterocycles. The molecule has 0 bridgehead atoms. The molecule has 0 spiro atoms. The van der Waals surface area contributed by atoms with Crippen LogP contribution in [0.1, 0.15) is 55.1 Å². The van der Waals surface area contributed by atoms with Crippen LogP contribution in [0.4, 0.5) is 0 Å². The topological polar surface area (TPSA) is 37.8 Å². The van der Waals surface area contributed by atoms with Crippen LogP contribution in [0, 0.1) is 0 Å². The van der Waals surface area contributed by atoms with Crippen LogP contribution in [0.15, 0.2) is 0 Å². The molecule has 1 aromatic heterocycles. The number of nitrogens with zero attached hydrogens (tertiary/aromatic N) is 2. The van der Waals surface area contributed by atoms with E-state index in [4.69, 9.17) is 0 Å². The zero-order chi connectivity index (χ0) is 9.97. The molecule has 0 aliphatic heterocycles. The molecular weight excluding hydrogens is 194 g/mol. The fourth-order valence-electron chi connectivity index (χ4n) is 1.54. The summed E-state index contributed by atoms with van der Waals surface area (Å²) in [5.41, 5.74) is 0. The summed E-state index contributed by atoms with van der Waals surface area (Å²) in [5.74, 6) is 0.736. The Balaban J connectivity index is 2.05. The summed E-state index contributed by atoms with van der Waals surface area (Å²) in [4.78, 5) is 0. The highest BCUT2D eigenvalue weighted by molar-refractivity contribution is 7.11. The summed E-state index contributed by atoms with van der Waals surface area (Å²) in [6.45, 7) is 5.31. The second kappa shape index (κ2) is 4.36. The van der Waals surface area contributed by atoms with Crippen LogP contribution < -0.4 is 5.32 Å². The molecule has 3 nitrogen and oxygen atoms in total. The maximum atomic E-state index is 4.27. The van der Waals surface area contributed by atoms with Gasteiger partial charge >= 0.3 is 0 Å². The Bertz CT molecular complexity index is 293. The summed E-state index contributed by atoms with van der Waals surface area (Å²) in [6, 6.07) is 0.407. The number of aromatic nitrogens is 2. The van der Waals surface area contributed by atoms with E-state index in [9.17, 15) is 0 Å². The van der Waals surface area contributed by atoms with Crippen molar-refractivity contribution in [2.24, 2.45) is 0 Å². The summed E-state index contributed by atoms with van der Waals surface area (Å²) in [6.07, 6.45) is 3.71. The van der Waals surface area contributed by atoms with Gasteiger partial charge in [0.05, 0.1) is 6.04 Å². The second-order valence-electron chi connectivity index (χ2n) is 3.77. The van der Waals surface area contributed by atoms with Crippen molar-refractivity contribution in [2.45, 2.75) is 45.1 Å². The van der Waals surface area contributed by atoms with Crippen LogP contribution in [0.5, 0.6) is 0 Å². The minimum absolute atomic E-state index is 0.407. The molecule has 0 amide bonds. The van der Waals surface area contributed by atoms with Crippen LogP contribution >= 0.6 is 11.3 Å². The Morgan fingerprint density at radius 3 is 2.79 bits per heavy atom. The lowest BCUT2D eigenvalue weighted by atomic mass is 10.2. The Morgan fingerprint density at radius 2 is 2.21 bits per heavy atom. The molecule has 1 unspecified atom stereocenters. The second-order valence-corrected chi connectivity index (χ2v) is 4.81. The molecule has 1 aliphatic carbocycles. The maximum Gasteiger partial charge on any atom is 0.134 e. The summed E-state index contributed by atoms with van der Waals surface area (Å²) >= 11 is 1.79. The molecule has 14 heavy (non-hydrogen) atoms. The Hall–Kier alpha value is -0.480. The molecule has 1 heterocycles. The minimum Gasteiger partial charge on any atom is -0.308 e. The van der Waals surface area contributed by atoms with Crippen LogP contribution in [0.25, 0.3) is 0 Å². The fraction of sp³-hybridized carbons (Fsp3) is 0.800. The van der Waals surface area contributed by atoms with Gasteiger partial charge in [0.25, 0.3) is 0 Å². The van der Waals surface area contributed by atoms with Crippen molar-refractivity contribution >= 4 is 11.3 Å². The predicted octanol–water partition coefficient (Wildman–Crippen LogP) is 2.48. The number of hydrogen-bond acceptors (Lipinski definition) is 4. The zero-order valence-corrected chi connectivity index (χ0v) is 9.60. The Kier molecular flexibility index (Phi) is 3.13. The molecule has 1 atom stereocenters. The van der Waals surface area contributed by atoms with Crippen molar-refractivity contribution in [3.63, 3.8) is 0 Å². The monoisotopic (exact) mass is 211 g/mol. The van der Waals surface area contributed by atoms with E-state index in [1.807, 2.05) is 0 Å². The van der Waals surface area contributed by atoms with Gasteiger partial charge in [0, 0.05) is 5.92 Å². The zero-order valence-electron chi connectivity index (χ0n) is 8.79. The van der Waals surface area contributed by atoms with Crippen molar-refractivity contribution in [3.05, 3.63) is 10.0 Å². The molecule has 2 rings (SSSR count). The molecule has 0 aromatic carbocycles. The van der Waals surface area contributed by atoms with E-state index in [2.05, 4.69) is 29.4 Å². The first-order chi connectivity index (χ1) is 6.85. The van der Waals surface area contributed by atoms with Crippen molar-refractivity contribution < 1.29 is 0 Å². The number of hydrogen-bond donors (Lipinski definition) is 1. The van der Waals surface area contributed by atoms with Gasteiger partial charge in [-0.15, -0.1) is 10.2 Å². The highest BCUT2D eigenvalue weighted by Crippen LogP contribution is 2.42. The fourth-order valence-corrected chi connectivity index (χ4v) is 2.71. The molecule has 1 aromatic rings. The van der Waals surface area contributed by atoms with Gasteiger partial charge < -0.3 is 5.32 Å². The lowest BCUT2D eigenvalue weighted by Crippen LogP contribution is -2.19. The quantitative estimate of drug-likeness (QED) is 0.813. The standard InChI is InChI=1S/C10H17N3S/c1-3-8(11-4-2)10-13-12-9(14-10)7-5-6-7/h7-8,11H,3-6H2,1-2H3. The van der Waals surface area contributed by atoms with Gasteiger partial charge in [-0.1, -0.05) is 25.2 Å². The van der Waals surface area contributed by atoms with Gasteiger partial charge in [0.15, 0.2) is 0 Å². The SMILES string of the molecule is CCNC(CC)c1nnc(C2CC2)s1. The lowest BCUT2D eigenvalue weighted by molar-refractivity contribution is 0.530. The predicted molar refractivity (Wildman–Crippen MR) is 58.6 cm³/mol. The summed E-state index contributed by atoms with van der Waals surface area (Å²) in [7, 11) is 0. The molecule has 1 N–H and O–H groups in total. The van der Waals surface area contributed by atoms with E-state index in [0.717, 1.165) is 23.9 Å². The van der Waals surface area contributed by atoms with Gasteiger partial charge in [0.2, 0.25) is 0 Å². The van der Waals surface area contributed by atoms with E-state index >= 15 is 0 Å². The molecule has 1 fully saturated rings. The summed E-state index contributed by atoms with van der Waals surface area (Å²) in [5, 5.41) is 14.4. The molecule has 4 heteroatoms. The van der Waals surface area contributed by atoms with Crippen LogP contribution in [0.2, 0.25) is 0 Å². The smallest absolute Gasteiger partial charge is 0.134 e. The Labute approximate surface area is 88.9 Å². The van der Waals surface area contributed by atoms with Gasteiger partial charge in [-0.05, 0) is 25.8 Å². The minimum atomic E-state index is 0.407. The normalized spacial score (nSPS) is 18.4. The van der Waals surface area contributed by atoms with E-state index in [-0.39, 0.29) is 0 Å². The van der Waals surface area contributed by atoms with Gasteiger partial charge in [0.1, 0.15) is 10.0 Å². The van der Waals surface area contributed by atoms with Crippen molar-refractivity contribution in [1.82, 2.24) is 15.5 Å². The Morgan fingerprint density at radius 1 is 1.43 bits per heavy atom. The number of rotatable bonds is 5. The summed E-state index contributed by atoms with van der Waals surface area (Å²) < 4.78 is 0. The van der Waals surface area contributed by atoms with Crippen LogP contribution in [-0.4, -0.2) is 16.7 Å². The third-order valence-electron chi connectivity index (χ3n) is 2.54. The van der Waals surface area contributed by atoms with Crippen molar-refractivity contribution in [1.29, 1.82) is 0 Å². The highest BCUT2D eigenvalue weighted by atomic mass is 32.1. The first kappa shape index (κ1) is 10.1. The average Bonchev–Trinajstić information content (AvgIpc) is 2.94. The average molecular weight is 211 g/mol. The van der Waals surface area contributed by atoms with Gasteiger partial charge in [-0.25, -0.2) is 0 Å². The molecule has 0 radical (unpaired) electrons. The molecule has 1 aliphatic rings. The first-order valence-corrected chi connectivity index (χ1v) is 6.23. The third-order valence-corrected chi connectivity index (χ3v) is 3.74. The van der Waals surface area contributed by atoms with Crippen LogP contribution in [-0.2, 0) is 0 Å². The van der Waals surface area contributed by atoms with Gasteiger partial charge in [-0.2, -0.15) is 0 Å². The largest absolute Gasteiger partial charge is 0.308 e. The molecule has 1 saturated carbocycles. The van der Waals surface area contributed by atoms with Crippen molar-refractivity contribution in [3.8, 4) is 0 Å². The lowest BCUT2D eigenvalue weighted by Gasteiger charge is -2.10. The number of nitrogens with one attached hydrogen (secondary N) is 1. The maximum absolute atomic E-state index is 4.27. The van der Waals surface area contributed by atoms with Crippen LogP contribution in [0.3, 0.4) is 0 Å². The van der Waals surface area contributed by atoms with E-state index < -0.39 is 0 Å². The van der Waals surface area contributed by atoms with E-state index in [1.165, 1.54) is 17.8 Å². The molecular formula is C10H17N3S. The van der Waals surface area contributed by atoms with Gasteiger partial charge in [-0.3, -0.25) is 0 Å². The van der Waals surface area contributed by atoms with Crippen molar-refractivity contribution in [2.75, 3.05) is 6.54 Å². The van der Waals surface area contributed by atoms with E-state index in [0.29, 0.717) is 6.04 Å². The van der Waals surface area contributed by atoms with E-state index in [1.54, 1.807) is 11.3 Å². The molecule has 78 valence electrons. The first-order valence-electron chi connectivity index (χ1n) is 5.41. The third kappa shape index (κ3) is 2.12.